The molecular weight excluding hydrogens is 342 g/mol. The second kappa shape index (κ2) is 9.67. The van der Waals surface area contributed by atoms with Crippen LogP contribution in [0, 0.1) is 11.3 Å². The van der Waals surface area contributed by atoms with Crippen molar-refractivity contribution < 1.29 is 14.4 Å². The van der Waals surface area contributed by atoms with Crippen molar-refractivity contribution in [3.8, 4) is 0 Å². The number of likely N-dealkylation sites (tertiary alicyclic amines) is 1. The van der Waals surface area contributed by atoms with Crippen LogP contribution in [0.5, 0.6) is 0 Å². The van der Waals surface area contributed by atoms with Crippen molar-refractivity contribution in [3.63, 3.8) is 0 Å². The zero-order valence-electron chi connectivity index (χ0n) is 18.2. The van der Waals surface area contributed by atoms with Crippen LogP contribution in [-0.2, 0) is 14.4 Å². The maximum absolute atomic E-state index is 13.2. The Morgan fingerprint density at radius 3 is 2.30 bits per heavy atom. The maximum atomic E-state index is 13.2. The number of rotatable bonds is 8. The fourth-order valence-electron chi connectivity index (χ4n) is 3.71. The summed E-state index contributed by atoms with van der Waals surface area (Å²) in [5, 5.41) is 0. The standard InChI is InChI=1S/C21H39N3O3/c1-8-10-15(22)19(26)24-12-9-11-16(24)20(27)23(7)17(13-14(2)3)18(25)21(4,5)6/h14-17H,8-13,22H2,1-7H3/t15-,16-,17+/m0/s1. The largest absolute Gasteiger partial charge is 0.334 e. The Morgan fingerprint density at radius 2 is 1.81 bits per heavy atom. The topological polar surface area (TPSA) is 83.7 Å². The molecule has 1 saturated heterocycles. The van der Waals surface area contributed by atoms with Crippen molar-refractivity contribution in [1.82, 2.24) is 9.80 Å². The molecule has 1 aliphatic heterocycles. The molecule has 6 nitrogen and oxygen atoms in total. The first-order valence-corrected chi connectivity index (χ1v) is 10.3. The zero-order valence-corrected chi connectivity index (χ0v) is 18.2. The van der Waals surface area contributed by atoms with Crippen LogP contribution in [0.2, 0.25) is 0 Å². The summed E-state index contributed by atoms with van der Waals surface area (Å²) in [7, 11) is 1.70. The highest BCUT2D eigenvalue weighted by atomic mass is 16.2. The molecule has 0 unspecified atom stereocenters. The lowest BCUT2D eigenvalue weighted by atomic mass is 9.83. The van der Waals surface area contributed by atoms with Gasteiger partial charge in [0.2, 0.25) is 11.8 Å². The first kappa shape index (κ1) is 23.6. The van der Waals surface area contributed by atoms with Gasteiger partial charge in [0.05, 0.1) is 12.1 Å². The molecule has 1 rings (SSSR count). The quantitative estimate of drug-likeness (QED) is 0.700. The highest BCUT2D eigenvalue weighted by Crippen LogP contribution is 2.26. The summed E-state index contributed by atoms with van der Waals surface area (Å²) < 4.78 is 0. The van der Waals surface area contributed by atoms with Gasteiger partial charge in [0.25, 0.3) is 0 Å². The molecule has 0 aromatic heterocycles. The van der Waals surface area contributed by atoms with E-state index in [4.69, 9.17) is 5.73 Å². The molecule has 1 fully saturated rings. The van der Waals surface area contributed by atoms with E-state index in [1.165, 1.54) is 0 Å². The number of amides is 2. The van der Waals surface area contributed by atoms with Crippen LogP contribution in [0.3, 0.4) is 0 Å². The van der Waals surface area contributed by atoms with Gasteiger partial charge in [0, 0.05) is 19.0 Å². The number of Topliss-reactive ketones (excluding diaryl/α,β-unsaturated/α-hetero) is 1. The maximum Gasteiger partial charge on any atom is 0.245 e. The summed E-state index contributed by atoms with van der Waals surface area (Å²) in [6.07, 6.45) is 3.48. The third-order valence-electron chi connectivity index (χ3n) is 5.29. The van der Waals surface area contributed by atoms with E-state index in [1.807, 2.05) is 27.7 Å². The summed E-state index contributed by atoms with van der Waals surface area (Å²) in [5.41, 5.74) is 5.48. The van der Waals surface area contributed by atoms with Gasteiger partial charge in [-0.05, 0) is 31.6 Å². The fourth-order valence-corrected chi connectivity index (χ4v) is 3.71. The van der Waals surface area contributed by atoms with Crippen molar-refractivity contribution in [2.24, 2.45) is 17.1 Å². The van der Waals surface area contributed by atoms with E-state index in [9.17, 15) is 14.4 Å². The molecule has 3 atom stereocenters. The number of ketones is 1. The number of hydrogen-bond acceptors (Lipinski definition) is 4. The number of carbonyl (C=O) groups excluding carboxylic acids is 3. The molecule has 2 N–H and O–H groups in total. The SMILES string of the molecule is CCC[C@H](N)C(=O)N1CCC[C@H]1C(=O)N(C)[C@H](CC(C)C)C(=O)C(C)(C)C. The van der Waals surface area contributed by atoms with E-state index >= 15 is 0 Å². The van der Waals surface area contributed by atoms with Crippen molar-refractivity contribution >= 4 is 17.6 Å². The minimum atomic E-state index is -0.559. The monoisotopic (exact) mass is 381 g/mol. The van der Waals surface area contributed by atoms with Gasteiger partial charge in [0.1, 0.15) is 6.04 Å². The molecule has 1 aliphatic rings. The van der Waals surface area contributed by atoms with Crippen LogP contribution in [0.25, 0.3) is 0 Å². The molecule has 156 valence electrons. The second-order valence-electron chi connectivity index (χ2n) is 9.29. The highest BCUT2D eigenvalue weighted by molar-refractivity contribution is 5.95. The molecule has 1 heterocycles. The van der Waals surface area contributed by atoms with E-state index in [0.717, 1.165) is 12.8 Å². The van der Waals surface area contributed by atoms with Gasteiger partial charge in [-0.2, -0.15) is 0 Å². The summed E-state index contributed by atoms with van der Waals surface area (Å²) >= 11 is 0. The van der Waals surface area contributed by atoms with Crippen LogP contribution in [0.1, 0.15) is 73.6 Å². The smallest absolute Gasteiger partial charge is 0.245 e. The molecule has 0 spiro atoms. The average Bonchev–Trinajstić information content (AvgIpc) is 3.05. The number of carbonyl (C=O) groups is 3. The first-order valence-electron chi connectivity index (χ1n) is 10.3. The molecule has 0 aromatic carbocycles. The molecule has 0 aliphatic carbocycles. The average molecular weight is 382 g/mol. The van der Waals surface area contributed by atoms with Crippen molar-refractivity contribution in [1.29, 1.82) is 0 Å². The third-order valence-corrected chi connectivity index (χ3v) is 5.29. The highest BCUT2D eigenvalue weighted by Gasteiger charge is 2.41. The number of likely N-dealkylation sites (N-methyl/N-ethyl adjacent to an activating group) is 1. The van der Waals surface area contributed by atoms with E-state index in [0.29, 0.717) is 25.8 Å². The Balaban J connectivity index is 3.01. The van der Waals surface area contributed by atoms with Gasteiger partial charge >= 0.3 is 0 Å². The van der Waals surface area contributed by atoms with Gasteiger partial charge < -0.3 is 15.5 Å². The zero-order chi connectivity index (χ0) is 20.9. The fraction of sp³-hybridized carbons (Fsp3) is 0.857. The lowest BCUT2D eigenvalue weighted by Gasteiger charge is -2.36. The van der Waals surface area contributed by atoms with Crippen LogP contribution >= 0.6 is 0 Å². The van der Waals surface area contributed by atoms with Gasteiger partial charge in [-0.25, -0.2) is 0 Å². The summed E-state index contributed by atoms with van der Waals surface area (Å²) in [6.45, 7) is 12.3. The molecular formula is C21H39N3O3. The number of nitrogens with two attached hydrogens (primary N) is 1. The second-order valence-corrected chi connectivity index (χ2v) is 9.29. The minimum absolute atomic E-state index is 0.0607. The lowest BCUT2D eigenvalue weighted by molar-refractivity contribution is -0.148. The molecule has 0 aromatic rings. The van der Waals surface area contributed by atoms with Crippen LogP contribution in [0.15, 0.2) is 0 Å². The lowest BCUT2D eigenvalue weighted by Crippen LogP contribution is -2.55. The van der Waals surface area contributed by atoms with Crippen LogP contribution in [-0.4, -0.2) is 59.1 Å². The van der Waals surface area contributed by atoms with Crippen LogP contribution < -0.4 is 5.73 Å². The number of hydrogen-bond donors (Lipinski definition) is 1. The van der Waals surface area contributed by atoms with Crippen LogP contribution in [0.4, 0.5) is 0 Å². The predicted molar refractivity (Wildman–Crippen MR) is 108 cm³/mol. The van der Waals surface area contributed by atoms with E-state index < -0.39 is 23.5 Å². The van der Waals surface area contributed by atoms with Gasteiger partial charge in [-0.1, -0.05) is 48.0 Å². The summed E-state index contributed by atoms with van der Waals surface area (Å²) in [6, 6.07) is -1.54. The molecule has 0 radical (unpaired) electrons. The van der Waals surface area contributed by atoms with Crippen molar-refractivity contribution in [3.05, 3.63) is 0 Å². The van der Waals surface area contributed by atoms with E-state index in [2.05, 4.69) is 13.8 Å². The van der Waals surface area contributed by atoms with Crippen molar-refractivity contribution in [2.75, 3.05) is 13.6 Å². The first-order chi connectivity index (χ1) is 12.4. The Bertz CT molecular complexity index is 539. The Hall–Kier alpha value is -1.43. The van der Waals surface area contributed by atoms with Crippen molar-refractivity contribution in [2.45, 2.75) is 91.8 Å². The molecule has 2 amide bonds. The Kier molecular flexibility index (Phi) is 8.46. The predicted octanol–water partition coefficient (Wildman–Crippen LogP) is 2.59. The van der Waals surface area contributed by atoms with Gasteiger partial charge in [-0.15, -0.1) is 0 Å². The van der Waals surface area contributed by atoms with E-state index in [1.54, 1.807) is 16.8 Å². The molecule has 0 bridgehead atoms. The van der Waals surface area contributed by atoms with Gasteiger partial charge in [-0.3, -0.25) is 14.4 Å². The third kappa shape index (κ3) is 6.03. The van der Waals surface area contributed by atoms with E-state index in [-0.39, 0.29) is 23.5 Å². The Labute approximate surface area is 164 Å². The molecule has 0 saturated carbocycles. The summed E-state index contributed by atoms with van der Waals surface area (Å²) in [4.78, 5) is 42.1. The molecule has 6 heteroatoms. The minimum Gasteiger partial charge on any atom is -0.334 e. The van der Waals surface area contributed by atoms with Gasteiger partial charge in [0.15, 0.2) is 5.78 Å². The Morgan fingerprint density at radius 1 is 1.22 bits per heavy atom. The number of nitrogens with zero attached hydrogens (tertiary/aromatic N) is 2. The summed E-state index contributed by atoms with van der Waals surface area (Å²) in [5.74, 6) is 0.0536. The normalized spacial score (nSPS) is 19.9. The molecule has 27 heavy (non-hydrogen) atoms.